The molecule has 3 aromatic rings. The van der Waals surface area contributed by atoms with Crippen molar-refractivity contribution in [1.82, 2.24) is 15.3 Å². The summed E-state index contributed by atoms with van der Waals surface area (Å²) in [6.07, 6.45) is 3.48. The van der Waals surface area contributed by atoms with Crippen LogP contribution in [0, 0.1) is 5.82 Å². The van der Waals surface area contributed by atoms with E-state index in [2.05, 4.69) is 20.6 Å². The van der Waals surface area contributed by atoms with Gasteiger partial charge in [0, 0.05) is 24.0 Å². The van der Waals surface area contributed by atoms with E-state index in [1.54, 1.807) is 18.2 Å². The third kappa shape index (κ3) is 4.77. The van der Waals surface area contributed by atoms with Crippen molar-refractivity contribution >= 4 is 29.1 Å². The van der Waals surface area contributed by atoms with Gasteiger partial charge in [-0.05, 0) is 36.2 Å². The lowest BCUT2D eigenvalue weighted by Crippen LogP contribution is -2.26. The highest BCUT2D eigenvalue weighted by atomic mass is 35.5. The molecule has 0 bridgehead atoms. The summed E-state index contributed by atoms with van der Waals surface area (Å²) in [5, 5.41) is 6.26. The predicted molar refractivity (Wildman–Crippen MR) is 99.2 cm³/mol. The quantitative estimate of drug-likeness (QED) is 0.688. The first-order valence-electron chi connectivity index (χ1n) is 7.98. The Morgan fingerprint density at radius 2 is 1.73 bits per heavy atom. The Hall–Kier alpha value is -2.99. The molecule has 0 spiro atoms. The number of amides is 1. The minimum Gasteiger partial charge on any atom is -0.352 e. The molecule has 0 saturated heterocycles. The number of nitrogens with zero attached hydrogens (tertiary/aromatic N) is 2. The molecule has 3 rings (SSSR count). The molecule has 0 fully saturated rings. The van der Waals surface area contributed by atoms with Crippen molar-refractivity contribution in [3.63, 3.8) is 0 Å². The van der Waals surface area contributed by atoms with E-state index in [0.717, 1.165) is 5.56 Å². The predicted octanol–water partition coefficient (Wildman–Crippen LogP) is 3.99. The summed E-state index contributed by atoms with van der Waals surface area (Å²) in [6.45, 7) is 0.482. The fourth-order valence-corrected chi connectivity index (χ4v) is 2.39. The van der Waals surface area contributed by atoms with E-state index in [-0.39, 0.29) is 17.5 Å². The molecular formula is C19H16ClFN4O. The number of aromatic nitrogens is 2. The molecule has 132 valence electrons. The van der Waals surface area contributed by atoms with Crippen molar-refractivity contribution in [1.29, 1.82) is 0 Å². The third-order valence-corrected chi connectivity index (χ3v) is 3.90. The summed E-state index contributed by atoms with van der Waals surface area (Å²) < 4.78 is 13.6. The standard InChI is InChI=1S/C19H16ClFN4O/c20-15-7-5-13(6-8-15)9-10-22-18(26)14-11-23-19(24-12-14)25-17-4-2-1-3-16(17)21/h1-8,11-12H,9-10H2,(H,22,26)(H,23,24,25). The number of anilines is 2. The van der Waals surface area contributed by atoms with Gasteiger partial charge in [0.2, 0.25) is 5.95 Å². The number of halogens is 2. The average molecular weight is 371 g/mol. The van der Waals surface area contributed by atoms with E-state index in [9.17, 15) is 9.18 Å². The molecule has 5 nitrogen and oxygen atoms in total. The van der Waals surface area contributed by atoms with Crippen LogP contribution in [0.15, 0.2) is 60.9 Å². The first-order valence-corrected chi connectivity index (χ1v) is 8.36. The van der Waals surface area contributed by atoms with E-state index < -0.39 is 5.82 Å². The van der Waals surface area contributed by atoms with Crippen LogP contribution in [0.3, 0.4) is 0 Å². The lowest BCUT2D eigenvalue weighted by Gasteiger charge is -2.07. The second-order valence-electron chi connectivity index (χ2n) is 5.53. The number of para-hydroxylation sites is 1. The van der Waals surface area contributed by atoms with Crippen molar-refractivity contribution in [2.45, 2.75) is 6.42 Å². The van der Waals surface area contributed by atoms with Crippen LogP contribution in [0.2, 0.25) is 5.02 Å². The number of benzene rings is 2. The topological polar surface area (TPSA) is 66.9 Å². The molecule has 0 saturated carbocycles. The van der Waals surface area contributed by atoms with Crippen molar-refractivity contribution in [3.8, 4) is 0 Å². The molecule has 2 N–H and O–H groups in total. The molecule has 0 atom stereocenters. The van der Waals surface area contributed by atoms with Gasteiger partial charge in [-0.2, -0.15) is 0 Å². The third-order valence-electron chi connectivity index (χ3n) is 3.65. The van der Waals surface area contributed by atoms with Crippen molar-refractivity contribution in [3.05, 3.63) is 82.9 Å². The lowest BCUT2D eigenvalue weighted by atomic mass is 10.1. The molecule has 1 amide bonds. The molecule has 0 radical (unpaired) electrons. The van der Waals surface area contributed by atoms with Crippen LogP contribution in [-0.4, -0.2) is 22.4 Å². The van der Waals surface area contributed by atoms with Gasteiger partial charge in [-0.1, -0.05) is 35.9 Å². The summed E-state index contributed by atoms with van der Waals surface area (Å²) in [6, 6.07) is 13.7. The van der Waals surface area contributed by atoms with Crippen LogP contribution in [0.4, 0.5) is 16.0 Å². The van der Waals surface area contributed by atoms with E-state index in [1.807, 2.05) is 24.3 Å². The molecule has 1 aromatic heterocycles. The number of carbonyl (C=O) groups excluding carboxylic acids is 1. The molecule has 1 heterocycles. The fraction of sp³-hybridized carbons (Fsp3) is 0.105. The second kappa shape index (κ2) is 8.40. The molecule has 0 aliphatic rings. The van der Waals surface area contributed by atoms with Crippen molar-refractivity contribution < 1.29 is 9.18 Å². The van der Waals surface area contributed by atoms with E-state index >= 15 is 0 Å². The van der Waals surface area contributed by atoms with Gasteiger partial charge in [0.25, 0.3) is 5.91 Å². The molecule has 7 heteroatoms. The zero-order valence-electron chi connectivity index (χ0n) is 13.7. The van der Waals surface area contributed by atoms with Gasteiger partial charge in [-0.15, -0.1) is 0 Å². The number of carbonyl (C=O) groups is 1. The van der Waals surface area contributed by atoms with E-state index in [4.69, 9.17) is 11.6 Å². The van der Waals surface area contributed by atoms with Crippen molar-refractivity contribution in [2.75, 3.05) is 11.9 Å². The molecule has 2 aromatic carbocycles. The Kier molecular flexibility index (Phi) is 5.76. The first kappa shape index (κ1) is 17.8. The Balaban J connectivity index is 1.53. The number of rotatable bonds is 6. The van der Waals surface area contributed by atoms with Gasteiger partial charge in [-0.25, -0.2) is 14.4 Å². The second-order valence-corrected chi connectivity index (χ2v) is 5.97. The van der Waals surface area contributed by atoms with Gasteiger partial charge >= 0.3 is 0 Å². The molecule has 0 aliphatic carbocycles. The molecule has 26 heavy (non-hydrogen) atoms. The maximum atomic E-state index is 13.6. The number of hydrogen-bond acceptors (Lipinski definition) is 4. The summed E-state index contributed by atoms with van der Waals surface area (Å²) in [7, 11) is 0. The average Bonchev–Trinajstić information content (AvgIpc) is 2.66. The molecule has 0 unspecified atom stereocenters. The zero-order chi connectivity index (χ0) is 18.4. The largest absolute Gasteiger partial charge is 0.352 e. The Bertz CT molecular complexity index is 885. The van der Waals surface area contributed by atoms with E-state index in [1.165, 1.54) is 18.5 Å². The lowest BCUT2D eigenvalue weighted by molar-refractivity contribution is 0.0953. The summed E-state index contributed by atoms with van der Waals surface area (Å²) >= 11 is 5.84. The fourth-order valence-electron chi connectivity index (χ4n) is 2.27. The number of hydrogen-bond donors (Lipinski definition) is 2. The van der Waals surface area contributed by atoms with Crippen LogP contribution in [0.25, 0.3) is 0 Å². The highest BCUT2D eigenvalue weighted by molar-refractivity contribution is 6.30. The molecule has 0 aliphatic heterocycles. The normalized spacial score (nSPS) is 10.4. The van der Waals surface area contributed by atoms with Gasteiger partial charge in [0.05, 0.1) is 11.3 Å². The highest BCUT2D eigenvalue weighted by Crippen LogP contribution is 2.16. The summed E-state index contributed by atoms with van der Waals surface area (Å²) in [4.78, 5) is 20.2. The maximum absolute atomic E-state index is 13.6. The smallest absolute Gasteiger partial charge is 0.254 e. The van der Waals surface area contributed by atoms with Gasteiger partial charge < -0.3 is 10.6 Å². The van der Waals surface area contributed by atoms with Crippen LogP contribution < -0.4 is 10.6 Å². The highest BCUT2D eigenvalue weighted by Gasteiger charge is 2.08. The number of nitrogens with one attached hydrogen (secondary N) is 2. The minimum atomic E-state index is -0.403. The Morgan fingerprint density at radius 3 is 2.42 bits per heavy atom. The zero-order valence-corrected chi connectivity index (χ0v) is 14.5. The van der Waals surface area contributed by atoms with Gasteiger partial charge in [0.1, 0.15) is 5.82 Å². The Labute approximate surface area is 155 Å². The van der Waals surface area contributed by atoms with E-state index in [0.29, 0.717) is 23.6 Å². The summed E-state index contributed by atoms with van der Waals surface area (Å²) in [5.41, 5.74) is 1.68. The van der Waals surface area contributed by atoms with Crippen LogP contribution >= 0.6 is 11.6 Å². The SMILES string of the molecule is O=C(NCCc1ccc(Cl)cc1)c1cnc(Nc2ccccc2F)nc1. The monoisotopic (exact) mass is 370 g/mol. The van der Waals surface area contributed by atoms with Crippen molar-refractivity contribution in [2.24, 2.45) is 0 Å². The van der Waals surface area contributed by atoms with Gasteiger partial charge in [-0.3, -0.25) is 4.79 Å². The first-order chi connectivity index (χ1) is 12.6. The maximum Gasteiger partial charge on any atom is 0.254 e. The van der Waals surface area contributed by atoms with Crippen LogP contribution in [0.1, 0.15) is 15.9 Å². The van der Waals surface area contributed by atoms with Crippen LogP contribution in [-0.2, 0) is 6.42 Å². The van der Waals surface area contributed by atoms with Crippen LogP contribution in [0.5, 0.6) is 0 Å². The Morgan fingerprint density at radius 1 is 1.04 bits per heavy atom. The molecular weight excluding hydrogens is 355 g/mol. The minimum absolute atomic E-state index is 0.216. The van der Waals surface area contributed by atoms with Gasteiger partial charge in [0.15, 0.2) is 0 Å². The summed E-state index contributed by atoms with van der Waals surface area (Å²) in [5.74, 6) is -0.454.